The van der Waals surface area contributed by atoms with Gasteiger partial charge in [-0.05, 0) is 38.8 Å². The number of hydrogen-bond donors (Lipinski definition) is 2. The molecule has 192 valence electrons. The fraction of sp³-hybridized carbons (Fsp3) is 0.200. The van der Waals surface area contributed by atoms with Crippen LogP contribution in [0.4, 0.5) is 0 Å². The largest absolute Gasteiger partial charge is 1.00 e. The van der Waals surface area contributed by atoms with E-state index in [1.807, 2.05) is 0 Å². The maximum atomic E-state index is 11.7. The number of aromatic carboxylic acids is 2. The first-order valence-corrected chi connectivity index (χ1v) is 11.0. The summed E-state index contributed by atoms with van der Waals surface area (Å²) in [5.41, 5.74) is -0.0989. The van der Waals surface area contributed by atoms with Crippen molar-refractivity contribution in [2.24, 2.45) is 0 Å². The number of aromatic nitrogens is 4. The number of H-pyrrole nitrogens is 2. The van der Waals surface area contributed by atoms with Crippen molar-refractivity contribution < 1.29 is 99.5 Å². The molecule has 18 heteroatoms. The predicted molar refractivity (Wildman–Crippen MR) is 126 cm³/mol. The normalized spacial score (nSPS) is 9.58. The van der Waals surface area contributed by atoms with Crippen LogP contribution in [-0.2, 0) is 0 Å². The fourth-order valence-corrected chi connectivity index (χ4v) is 5.31. The summed E-state index contributed by atoms with van der Waals surface area (Å²) < 4.78 is 0. The van der Waals surface area contributed by atoms with Crippen molar-refractivity contribution in [3.05, 3.63) is 53.2 Å². The second kappa shape index (κ2) is 14.9. The van der Waals surface area contributed by atoms with Crippen LogP contribution in [0.5, 0.6) is 0 Å². The van der Waals surface area contributed by atoms with Crippen molar-refractivity contribution in [1.29, 1.82) is 0 Å². The van der Waals surface area contributed by atoms with Crippen molar-refractivity contribution in [2.75, 3.05) is 0 Å². The Bertz CT molecular complexity index is 1530. The topological polar surface area (TPSA) is 269 Å². The Balaban J connectivity index is 0. The SMILES string of the molecule is CC(=O)c1sc2nc(C(=O)[O-])[nH]c(=O)c2c1C.CC(=O)c1sc2nc(C(=O)[O-])[nH]c(=O)c2c1C.O.O.[Na+].[Na+]. The molecule has 0 amide bonds. The summed E-state index contributed by atoms with van der Waals surface area (Å²) in [6, 6.07) is 0. The Kier molecular flexibility index (Phi) is 14.9. The zero-order valence-corrected chi connectivity index (χ0v) is 26.6. The van der Waals surface area contributed by atoms with Gasteiger partial charge in [0.15, 0.2) is 23.2 Å². The molecule has 0 aromatic carbocycles. The van der Waals surface area contributed by atoms with Crippen LogP contribution in [0, 0.1) is 13.8 Å². The molecule has 0 saturated carbocycles. The predicted octanol–water partition coefficient (Wildman–Crippen LogP) is -7.92. The summed E-state index contributed by atoms with van der Waals surface area (Å²) in [6.07, 6.45) is 0. The van der Waals surface area contributed by atoms with E-state index < -0.39 is 34.7 Å². The third-order valence-electron chi connectivity index (χ3n) is 4.63. The number of carbonyl (C=O) groups excluding carboxylic acids is 4. The molecule has 0 atom stereocenters. The zero-order valence-electron chi connectivity index (χ0n) is 21.0. The van der Waals surface area contributed by atoms with Gasteiger partial charge in [-0.25, -0.2) is 9.97 Å². The summed E-state index contributed by atoms with van der Waals surface area (Å²) in [4.78, 5) is 80.2. The number of hydrogen-bond acceptors (Lipinski definition) is 12. The number of nitrogens with one attached hydrogen (secondary N) is 2. The third-order valence-corrected chi connectivity index (χ3v) is 7.20. The Labute approximate surface area is 264 Å². The van der Waals surface area contributed by atoms with Crippen molar-refractivity contribution >= 4 is 66.6 Å². The summed E-state index contributed by atoms with van der Waals surface area (Å²) in [7, 11) is 0. The number of carboxylic acid groups (broad SMARTS) is 2. The number of nitrogens with zero attached hydrogens (tertiary/aromatic N) is 2. The molecular formula is C20H18N4Na2O10S2. The molecule has 0 saturated heterocycles. The molecule has 4 aromatic heterocycles. The minimum atomic E-state index is -1.56. The van der Waals surface area contributed by atoms with Crippen LogP contribution >= 0.6 is 22.7 Å². The number of aryl methyl sites for hydroxylation is 2. The molecule has 4 heterocycles. The van der Waals surface area contributed by atoms with E-state index in [-0.39, 0.29) is 102 Å². The number of carbonyl (C=O) groups is 4. The quantitative estimate of drug-likeness (QED) is 0.169. The number of thiophene rings is 2. The van der Waals surface area contributed by atoms with Gasteiger partial charge in [-0.2, -0.15) is 0 Å². The average Bonchev–Trinajstić information content (AvgIpc) is 3.26. The van der Waals surface area contributed by atoms with E-state index in [0.29, 0.717) is 20.9 Å². The first-order valence-electron chi connectivity index (χ1n) is 9.34. The molecule has 14 nitrogen and oxygen atoms in total. The molecular weight excluding hydrogens is 566 g/mol. The van der Waals surface area contributed by atoms with E-state index in [1.54, 1.807) is 13.8 Å². The van der Waals surface area contributed by atoms with E-state index >= 15 is 0 Å². The van der Waals surface area contributed by atoms with E-state index in [2.05, 4.69) is 19.9 Å². The van der Waals surface area contributed by atoms with Crippen LogP contribution in [0.15, 0.2) is 9.59 Å². The molecule has 6 N–H and O–H groups in total. The van der Waals surface area contributed by atoms with Crippen LogP contribution in [0.2, 0.25) is 0 Å². The van der Waals surface area contributed by atoms with Gasteiger partial charge in [0.05, 0.1) is 20.5 Å². The smallest absolute Gasteiger partial charge is 0.542 e. The molecule has 0 aliphatic heterocycles. The number of Topliss-reactive ketones (excluding diaryl/α,β-unsaturated/α-hetero) is 2. The number of rotatable bonds is 4. The average molecular weight is 584 g/mol. The van der Waals surface area contributed by atoms with Crippen molar-refractivity contribution in [3.63, 3.8) is 0 Å². The maximum absolute atomic E-state index is 11.7. The van der Waals surface area contributed by atoms with Gasteiger partial charge in [-0.15, -0.1) is 22.7 Å². The van der Waals surface area contributed by atoms with Crippen molar-refractivity contribution in [1.82, 2.24) is 19.9 Å². The van der Waals surface area contributed by atoms with Crippen LogP contribution in [0.1, 0.15) is 65.6 Å². The molecule has 0 unspecified atom stereocenters. The van der Waals surface area contributed by atoms with Crippen LogP contribution in [0.3, 0.4) is 0 Å². The molecule has 0 bridgehead atoms. The number of carboxylic acids is 2. The fourth-order valence-electron chi connectivity index (χ4n) is 3.15. The Morgan fingerprint density at radius 1 is 0.684 bits per heavy atom. The molecule has 4 aromatic rings. The van der Waals surface area contributed by atoms with Gasteiger partial charge < -0.3 is 40.7 Å². The molecule has 38 heavy (non-hydrogen) atoms. The van der Waals surface area contributed by atoms with E-state index in [4.69, 9.17) is 0 Å². The molecule has 0 fully saturated rings. The van der Waals surface area contributed by atoms with Crippen LogP contribution < -0.4 is 80.4 Å². The van der Waals surface area contributed by atoms with Gasteiger partial charge in [0, 0.05) is 0 Å². The monoisotopic (exact) mass is 584 g/mol. The van der Waals surface area contributed by atoms with Gasteiger partial charge in [0.1, 0.15) is 21.6 Å². The minimum absolute atomic E-state index is 0. The first kappa shape index (κ1) is 38.0. The van der Waals surface area contributed by atoms with Crippen molar-refractivity contribution in [2.45, 2.75) is 27.7 Å². The van der Waals surface area contributed by atoms with Gasteiger partial charge in [-0.3, -0.25) is 19.2 Å². The standard InChI is InChI=1S/2C10H8N2O4S.2Na.2H2O/c2*1-3-5-8(14)11-7(10(15)16)12-9(5)17-6(3)4(2)13;;;;/h2*1-2H3,(H,15,16)(H,11,12,14);;;2*1H2/q;;2*+1;;/p-2. The van der Waals surface area contributed by atoms with E-state index in [1.165, 1.54) is 13.8 Å². The second-order valence-electron chi connectivity index (χ2n) is 6.99. The molecule has 0 aliphatic rings. The zero-order chi connectivity index (χ0) is 25.5. The van der Waals surface area contributed by atoms with Gasteiger partial charge in [-0.1, -0.05) is 0 Å². The molecule has 0 aliphatic carbocycles. The van der Waals surface area contributed by atoms with Gasteiger partial charge in [0.2, 0.25) is 0 Å². The summed E-state index contributed by atoms with van der Waals surface area (Å²) in [5, 5.41) is 21.7. The van der Waals surface area contributed by atoms with Gasteiger partial charge >= 0.3 is 59.1 Å². The van der Waals surface area contributed by atoms with Crippen LogP contribution in [-0.4, -0.2) is 54.4 Å². The maximum Gasteiger partial charge on any atom is 1.00 e. The molecule has 4 rings (SSSR count). The summed E-state index contributed by atoms with van der Waals surface area (Å²) >= 11 is 2.01. The molecule has 0 radical (unpaired) electrons. The van der Waals surface area contributed by atoms with Crippen molar-refractivity contribution in [3.8, 4) is 0 Å². The Morgan fingerprint density at radius 2 is 0.974 bits per heavy atom. The molecule has 0 spiro atoms. The Morgan fingerprint density at radius 3 is 1.21 bits per heavy atom. The van der Waals surface area contributed by atoms with Crippen LogP contribution in [0.25, 0.3) is 20.4 Å². The summed E-state index contributed by atoms with van der Waals surface area (Å²) in [5.74, 6) is -4.53. The number of ketones is 2. The van der Waals surface area contributed by atoms with E-state index in [9.17, 15) is 39.0 Å². The second-order valence-corrected chi connectivity index (χ2v) is 8.99. The Hall–Kier alpha value is -2.12. The number of aromatic amines is 2. The first-order chi connectivity index (χ1) is 15.8. The summed E-state index contributed by atoms with van der Waals surface area (Å²) in [6.45, 7) is 6.02. The minimum Gasteiger partial charge on any atom is -0.542 e. The van der Waals surface area contributed by atoms with Gasteiger partial charge in [0.25, 0.3) is 11.1 Å². The third kappa shape index (κ3) is 7.50. The number of fused-ring (bicyclic) bond motifs is 2. The van der Waals surface area contributed by atoms with E-state index in [0.717, 1.165) is 22.7 Å².